The number of hydrogen-bond acceptors (Lipinski definition) is 6. The van der Waals surface area contributed by atoms with Crippen LogP contribution in [0.15, 0.2) is 12.2 Å². The van der Waals surface area contributed by atoms with Gasteiger partial charge in [0.1, 0.15) is 0 Å². The van der Waals surface area contributed by atoms with Gasteiger partial charge in [0.2, 0.25) is 0 Å². The Kier molecular flexibility index (Phi) is 7.47. The highest BCUT2D eigenvalue weighted by Crippen LogP contribution is 2.52. The number of nitrogens with one attached hydrogen (secondary N) is 2. The van der Waals surface area contributed by atoms with Gasteiger partial charge in [0.15, 0.2) is 0 Å². The summed E-state index contributed by atoms with van der Waals surface area (Å²) in [6.07, 6.45) is 7.75. The molecule has 1 unspecified atom stereocenters. The lowest BCUT2D eigenvalue weighted by Gasteiger charge is -2.09. The zero-order valence-corrected chi connectivity index (χ0v) is 14.5. The van der Waals surface area contributed by atoms with Crippen LogP contribution >= 0.6 is 0 Å². The molecule has 2 rings (SSSR count). The quantitative estimate of drug-likeness (QED) is 0.408. The molecule has 9 heteroatoms. The van der Waals surface area contributed by atoms with E-state index in [1.807, 2.05) is 4.72 Å². The molecule has 1 saturated carbocycles. The maximum atomic E-state index is 11.6. The smallest absolute Gasteiger partial charge is 0.421 e. The molecule has 3 atom stereocenters. The fraction of sp³-hybridized carbons (Fsp3) is 0.800. The topological polar surface area (TPSA) is 114 Å². The van der Waals surface area contributed by atoms with Crippen molar-refractivity contribution in [3.63, 3.8) is 0 Å². The molecule has 0 radical (unpaired) electrons. The van der Waals surface area contributed by atoms with Gasteiger partial charge in [-0.05, 0) is 43.4 Å². The van der Waals surface area contributed by atoms with Crippen molar-refractivity contribution < 1.29 is 27.8 Å². The maximum absolute atomic E-state index is 11.6. The van der Waals surface area contributed by atoms with E-state index < -0.39 is 16.3 Å². The van der Waals surface area contributed by atoms with E-state index in [2.05, 4.69) is 16.9 Å². The van der Waals surface area contributed by atoms with Crippen molar-refractivity contribution >= 4 is 16.3 Å². The SMILES string of the molecule is O=C(NS(=O)(=O)NCCOCCO)OCC1[C@H]2CCC=CCC[C@@H]12. The van der Waals surface area contributed by atoms with E-state index in [1.54, 1.807) is 0 Å². The van der Waals surface area contributed by atoms with E-state index in [9.17, 15) is 13.2 Å². The molecule has 3 N–H and O–H groups in total. The zero-order chi connectivity index (χ0) is 17.4. The Hall–Kier alpha value is -1.16. The maximum Gasteiger partial charge on any atom is 0.421 e. The largest absolute Gasteiger partial charge is 0.449 e. The number of allylic oxidation sites excluding steroid dienone is 2. The van der Waals surface area contributed by atoms with E-state index in [-0.39, 0.29) is 33.0 Å². The van der Waals surface area contributed by atoms with Gasteiger partial charge in [0.05, 0.1) is 26.4 Å². The molecule has 0 aromatic heterocycles. The molecule has 0 bridgehead atoms. The lowest BCUT2D eigenvalue weighted by atomic mass is 10.1. The number of carbonyl (C=O) groups excluding carboxylic acids is 1. The standard InChI is InChI=1S/C15H26N2O6S/c18-8-10-22-9-7-16-24(20,21)17-15(19)23-11-14-12-5-3-1-2-4-6-13(12)14/h1-2,12-14,16,18H,3-11H2,(H,17,19)/t12-,13+,14?. The van der Waals surface area contributed by atoms with Gasteiger partial charge in [0.25, 0.3) is 0 Å². The molecule has 0 spiro atoms. The Morgan fingerprint density at radius 1 is 1.17 bits per heavy atom. The first-order valence-electron chi connectivity index (χ1n) is 8.31. The number of aliphatic hydroxyl groups excluding tert-OH is 1. The second-order valence-electron chi connectivity index (χ2n) is 6.05. The minimum Gasteiger partial charge on any atom is -0.449 e. The van der Waals surface area contributed by atoms with E-state index in [4.69, 9.17) is 14.6 Å². The lowest BCUT2D eigenvalue weighted by Crippen LogP contribution is -2.42. The summed E-state index contributed by atoms with van der Waals surface area (Å²) in [6.45, 7) is 0.377. The summed E-state index contributed by atoms with van der Waals surface area (Å²) in [7, 11) is -3.96. The van der Waals surface area contributed by atoms with E-state index in [0.717, 1.165) is 25.7 Å². The molecule has 1 fully saturated rings. The number of fused-ring (bicyclic) bond motifs is 1. The molecule has 2 aliphatic carbocycles. The van der Waals surface area contributed by atoms with Crippen LogP contribution in [0.4, 0.5) is 4.79 Å². The summed E-state index contributed by atoms with van der Waals surface area (Å²) in [4.78, 5) is 11.6. The van der Waals surface area contributed by atoms with Crippen LogP contribution in [0.25, 0.3) is 0 Å². The molecular formula is C15H26N2O6S. The second kappa shape index (κ2) is 9.36. The Bertz CT molecular complexity index is 520. The van der Waals surface area contributed by atoms with Crippen LogP contribution in [-0.4, -0.2) is 52.6 Å². The predicted octanol–water partition coefficient (Wildman–Crippen LogP) is 0.548. The van der Waals surface area contributed by atoms with Crippen molar-refractivity contribution in [2.75, 3.05) is 33.0 Å². The van der Waals surface area contributed by atoms with Gasteiger partial charge in [-0.1, -0.05) is 12.2 Å². The van der Waals surface area contributed by atoms with Crippen molar-refractivity contribution in [2.45, 2.75) is 25.7 Å². The molecule has 1 amide bonds. The predicted molar refractivity (Wildman–Crippen MR) is 87.4 cm³/mol. The van der Waals surface area contributed by atoms with Gasteiger partial charge in [0, 0.05) is 6.54 Å². The summed E-state index contributed by atoms with van der Waals surface area (Å²) < 4.78 is 37.2. The molecule has 0 aromatic rings. The summed E-state index contributed by atoms with van der Waals surface area (Å²) in [5.74, 6) is 1.51. The normalized spacial score (nSPS) is 26.1. The lowest BCUT2D eigenvalue weighted by molar-refractivity contribution is 0.0961. The first-order valence-corrected chi connectivity index (χ1v) is 9.79. The second-order valence-corrected chi connectivity index (χ2v) is 7.55. The molecule has 0 aliphatic heterocycles. The monoisotopic (exact) mass is 362 g/mol. The third-order valence-corrected chi connectivity index (χ3v) is 5.43. The highest BCUT2D eigenvalue weighted by Gasteiger charge is 2.49. The fourth-order valence-corrected chi connectivity index (χ4v) is 3.91. The highest BCUT2D eigenvalue weighted by molar-refractivity contribution is 7.88. The zero-order valence-electron chi connectivity index (χ0n) is 13.6. The van der Waals surface area contributed by atoms with Crippen LogP contribution in [0, 0.1) is 17.8 Å². The molecule has 2 aliphatic rings. The summed E-state index contributed by atoms with van der Waals surface area (Å²) in [6, 6.07) is 0. The van der Waals surface area contributed by atoms with Crippen molar-refractivity contribution in [1.82, 2.24) is 9.44 Å². The molecule has 8 nitrogen and oxygen atoms in total. The Morgan fingerprint density at radius 2 is 1.83 bits per heavy atom. The molecule has 0 saturated heterocycles. The minimum atomic E-state index is -3.96. The van der Waals surface area contributed by atoms with Gasteiger partial charge in [-0.25, -0.2) is 9.52 Å². The third kappa shape index (κ3) is 6.39. The molecule has 24 heavy (non-hydrogen) atoms. The van der Waals surface area contributed by atoms with Crippen LogP contribution in [0.1, 0.15) is 25.7 Å². The van der Waals surface area contributed by atoms with Gasteiger partial charge < -0.3 is 14.6 Å². The van der Waals surface area contributed by atoms with Crippen molar-refractivity contribution in [3.05, 3.63) is 12.2 Å². The summed E-state index contributed by atoms with van der Waals surface area (Å²) in [5.41, 5.74) is 0. The van der Waals surface area contributed by atoms with Gasteiger partial charge >= 0.3 is 16.3 Å². The third-order valence-electron chi connectivity index (χ3n) is 4.41. The number of amides is 1. The Morgan fingerprint density at radius 3 is 2.46 bits per heavy atom. The number of ether oxygens (including phenoxy) is 2. The minimum absolute atomic E-state index is 0.00237. The van der Waals surface area contributed by atoms with Crippen LogP contribution in [0.5, 0.6) is 0 Å². The average Bonchev–Trinajstić information content (AvgIpc) is 3.14. The number of hydrogen-bond donors (Lipinski definition) is 3. The van der Waals surface area contributed by atoms with Crippen LogP contribution in [0.3, 0.4) is 0 Å². The van der Waals surface area contributed by atoms with Crippen molar-refractivity contribution in [1.29, 1.82) is 0 Å². The van der Waals surface area contributed by atoms with E-state index >= 15 is 0 Å². The van der Waals surface area contributed by atoms with Crippen LogP contribution < -0.4 is 9.44 Å². The average molecular weight is 362 g/mol. The van der Waals surface area contributed by atoms with Gasteiger partial charge in [-0.2, -0.15) is 13.1 Å². The number of carbonyl (C=O) groups is 1. The highest BCUT2D eigenvalue weighted by atomic mass is 32.2. The molecule has 0 heterocycles. The van der Waals surface area contributed by atoms with Gasteiger partial charge in [-0.15, -0.1) is 0 Å². The molecule has 138 valence electrons. The fourth-order valence-electron chi connectivity index (χ4n) is 3.20. The van der Waals surface area contributed by atoms with Gasteiger partial charge in [-0.3, -0.25) is 0 Å². The molecule has 0 aromatic carbocycles. The van der Waals surface area contributed by atoms with Crippen molar-refractivity contribution in [3.8, 4) is 0 Å². The Labute approximate surface area is 142 Å². The van der Waals surface area contributed by atoms with Crippen molar-refractivity contribution in [2.24, 2.45) is 17.8 Å². The first kappa shape index (κ1) is 19.2. The Balaban J connectivity index is 1.62. The first-order chi connectivity index (χ1) is 11.5. The van der Waals surface area contributed by atoms with E-state index in [0.29, 0.717) is 17.8 Å². The summed E-state index contributed by atoms with van der Waals surface area (Å²) >= 11 is 0. The number of rotatable bonds is 9. The van der Waals surface area contributed by atoms with E-state index in [1.165, 1.54) is 0 Å². The van der Waals surface area contributed by atoms with Crippen LogP contribution in [0.2, 0.25) is 0 Å². The summed E-state index contributed by atoms with van der Waals surface area (Å²) in [5, 5.41) is 8.52. The molecular weight excluding hydrogens is 336 g/mol. The van der Waals surface area contributed by atoms with Crippen LogP contribution in [-0.2, 0) is 19.7 Å². The number of aliphatic hydroxyl groups is 1.